The molecular weight excluding hydrogens is 184 g/mol. The number of hydrogen-bond acceptors (Lipinski definition) is 1. The Hall–Kier alpha value is -1.77. The van der Waals surface area contributed by atoms with Crippen molar-refractivity contribution in [1.82, 2.24) is 4.98 Å². The van der Waals surface area contributed by atoms with Crippen molar-refractivity contribution in [3.8, 4) is 11.1 Å². The summed E-state index contributed by atoms with van der Waals surface area (Å²) in [5.41, 5.74) is 0.420. The summed E-state index contributed by atoms with van der Waals surface area (Å²) in [4.78, 5) is 3.81. The van der Waals surface area contributed by atoms with Gasteiger partial charge in [0.25, 0.3) is 0 Å². The minimum atomic E-state index is -0.571. The number of pyridine rings is 1. The predicted octanol–water partition coefficient (Wildman–Crippen LogP) is 3.03. The molecule has 0 amide bonds. The van der Waals surface area contributed by atoms with Gasteiger partial charge in [-0.05, 0) is 18.2 Å². The zero-order chi connectivity index (χ0) is 9.97. The Balaban J connectivity index is 2.63. The average Bonchev–Trinajstić information content (AvgIpc) is 2.19. The van der Waals surface area contributed by atoms with Crippen LogP contribution in [-0.4, -0.2) is 4.98 Å². The van der Waals surface area contributed by atoms with E-state index in [2.05, 4.69) is 4.98 Å². The molecule has 2 aromatic rings. The second kappa shape index (κ2) is 3.54. The highest BCUT2D eigenvalue weighted by Crippen LogP contribution is 2.24. The van der Waals surface area contributed by atoms with E-state index in [1.54, 1.807) is 18.3 Å². The molecule has 0 bridgehead atoms. The molecule has 0 radical (unpaired) electrons. The summed E-state index contributed by atoms with van der Waals surface area (Å²) >= 11 is 0. The van der Waals surface area contributed by atoms with Gasteiger partial charge in [-0.25, -0.2) is 8.78 Å². The zero-order valence-corrected chi connectivity index (χ0v) is 7.24. The number of aromatic nitrogens is 1. The van der Waals surface area contributed by atoms with Gasteiger partial charge in [0.05, 0.1) is 5.56 Å². The molecule has 1 nitrogen and oxygen atoms in total. The van der Waals surface area contributed by atoms with Crippen molar-refractivity contribution >= 4 is 0 Å². The largest absolute Gasteiger partial charge is 0.264 e. The van der Waals surface area contributed by atoms with Crippen molar-refractivity contribution in [2.45, 2.75) is 0 Å². The third kappa shape index (κ3) is 1.48. The number of hydrogen-bond donors (Lipinski definition) is 0. The third-order valence-electron chi connectivity index (χ3n) is 1.91. The van der Waals surface area contributed by atoms with Gasteiger partial charge in [0.1, 0.15) is 11.6 Å². The first kappa shape index (κ1) is 8.81. The summed E-state index contributed by atoms with van der Waals surface area (Å²) in [7, 11) is 0. The summed E-state index contributed by atoms with van der Waals surface area (Å²) < 4.78 is 26.5. The highest BCUT2D eigenvalue weighted by atomic mass is 19.1. The van der Waals surface area contributed by atoms with E-state index in [1.807, 2.05) is 0 Å². The Morgan fingerprint density at radius 3 is 2.21 bits per heavy atom. The lowest BCUT2D eigenvalue weighted by atomic mass is 10.1. The van der Waals surface area contributed by atoms with E-state index in [0.29, 0.717) is 5.56 Å². The maximum absolute atomic E-state index is 13.3. The van der Waals surface area contributed by atoms with Gasteiger partial charge < -0.3 is 0 Å². The quantitative estimate of drug-likeness (QED) is 0.675. The minimum Gasteiger partial charge on any atom is -0.264 e. The lowest BCUT2D eigenvalue weighted by Gasteiger charge is -2.03. The molecule has 3 heteroatoms. The molecule has 0 fully saturated rings. The Bertz CT molecular complexity index is 420. The van der Waals surface area contributed by atoms with Crippen molar-refractivity contribution < 1.29 is 8.78 Å². The fourth-order valence-electron chi connectivity index (χ4n) is 1.28. The van der Waals surface area contributed by atoms with E-state index < -0.39 is 11.6 Å². The average molecular weight is 191 g/mol. The van der Waals surface area contributed by atoms with Crippen LogP contribution in [0, 0.1) is 11.6 Å². The van der Waals surface area contributed by atoms with Crippen molar-refractivity contribution in [2.75, 3.05) is 0 Å². The summed E-state index contributed by atoms with van der Waals surface area (Å²) in [6.07, 6.45) is 2.99. The fourth-order valence-corrected chi connectivity index (χ4v) is 1.28. The molecule has 0 aliphatic carbocycles. The van der Waals surface area contributed by atoms with Gasteiger partial charge in [0.15, 0.2) is 0 Å². The molecule has 0 saturated carbocycles. The summed E-state index contributed by atoms with van der Waals surface area (Å²) in [5.74, 6) is -1.14. The van der Waals surface area contributed by atoms with Crippen LogP contribution in [0.5, 0.6) is 0 Å². The van der Waals surface area contributed by atoms with Crippen molar-refractivity contribution in [3.63, 3.8) is 0 Å². The van der Waals surface area contributed by atoms with Crippen LogP contribution in [0.15, 0.2) is 42.7 Å². The highest BCUT2D eigenvalue weighted by Gasteiger charge is 2.09. The van der Waals surface area contributed by atoms with Gasteiger partial charge in [-0.15, -0.1) is 0 Å². The first-order valence-corrected chi connectivity index (χ1v) is 4.13. The molecule has 2 rings (SSSR count). The maximum atomic E-state index is 13.3. The molecule has 1 heterocycles. The second-order valence-corrected chi connectivity index (χ2v) is 2.84. The zero-order valence-electron chi connectivity index (χ0n) is 7.24. The van der Waals surface area contributed by atoms with Crippen LogP contribution in [-0.2, 0) is 0 Å². The molecule has 0 aliphatic rings. The number of rotatable bonds is 1. The van der Waals surface area contributed by atoms with Gasteiger partial charge in [0, 0.05) is 18.0 Å². The Labute approximate surface area is 80.0 Å². The van der Waals surface area contributed by atoms with E-state index in [-0.39, 0.29) is 5.56 Å². The lowest BCUT2D eigenvalue weighted by molar-refractivity contribution is 0.589. The van der Waals surface area contributed by atoms with Crippen LogP contribution >= 0.6 is 0 Å². The molecule has 70 valence electrons. The minimum absolute atomic E-state index is 0.0272. The lowest BCUT2D eigenvalue weighted by Crippen LogP contribution is -1.89. The smallest absolute Gasteiger partial charge is 0.134 e. The van der Waals surface area contributed by atoms with Gasteiger partial charge in [-0.1, -0.05) is 12.1 Å². The van der Waals surface area contributed by atoms with Gasteiger partial charge in [-0.3, -0.25) is 4.98 Å². The monoisotopic (exact) mass is 191 g/mol. The van der Waals surface area contributed by atoms with Crippen LogP contribution in [0.2, 0.25) is 0 Å². The number of halogens is 2. The molecule has 1 aromatic carbocycles. The Kier molecular flexibility index (Phi) is 2.23. The molecule has 0 N–H and O–H groups in total. The van der Waals surface area contributed by atoms with Crippen LogP contribution in [0.1, 0.15) is 0 Å². The van der Waals surface area contributed by atoms with E-state index in [0.717, 1.165) is 0 Å². The summed E-state index contributed by atoms with van der Waals surface area (Å²) in [5, 5.41) is 0. The molecule has 0 atom stereocenters. The molecular formula is C11H7F2N. The molecule has 1 aromatic heterocycles. The van der Waals surface area contributed by atoms with Crippen molar-refractivity contribution in [1.29, 1.82) is 0 Å². The fraction of sp³-hybridized carbons (Fsp3) is 0. The Morgan fingerprint density at radius 2 is 1.64 bits per heavy atom. The summed E-state index contributed by atoms with van der Waals surface area (Å²) in [6, 6.07) is 7.05. The maximum Gasteiger partial charge on any atom is 0.134 e. The highest BCUT2D eigenvalue weighted by molar-refractivity contribution is 5.63. The number of nitrogens with zero attached hydrogens (tertiary/aromatic N) is 1. The normalized spacial score (nSPS) is 10.1. The van der Waals surface area contributed by atoms with E-state index >= 15 is 0 Å². The van der Waals surface area contributed by atoms with Crippen LogP contribution in [0.3, 0.4) is 0 Å². The van der Waals surface area contributed by atoms with E-state index in [9.17, 15) is 8.78 Å². The molecule has 14 heavy (non-hydrogen) atoms. The predicted molar refractivity (Wildman–Crippen MR) is 49.6 cm³/mol. The Morgan fingerprint density at radius 1 is 0.929 bits per heavy atom. The van der Waals surface area contributed by atoms with Crippen molar-refractivity contribution in [2.24, 2.45) is 0 Å². The van der Waals surface area contributed by atoms with E-state index in [4.69, 9.17) is 0 Å². The summed E-state index contributed by atoms with van der Waals surface area (Å²) in [6.45, 7) is 0. The van der Waals surface area contributed by atoms with E-state index in [1.165, 1.54) is 24.4 Å². The third-order valence-corrected chi connectivity index (χ3v) is 1.91. The molecule has 0 unspecified atom stereocenters. The first-order valence-electron chi connectivity index (χ1n) is 4.13. The van der Waals surface area contributed by atoms with Gasteiger partial charge >= 0.3 is 0 Å². The molecule has 0 aliphatic heterocycles. The van der Waals surface area contributed by atoms with Crippen LogP contribution < -0.4 is 0 Å². The topological polar surface area (TPSA) is 12.9 Å². The van der Waals surface area contributed by atoms with Gasteiger partial charge in [-0.2, -0.15) is 0 Å². The second-order valence-electron chi connectivity index (χ2n) is 2.84. The molecule has 0 saturated heterocycles. The van der Waals surface area contributed by atoms with Crippen LogP contribution in [0.4, 0.5) is 8.78 Å². The van der Waals surface area contributed by atoms with Crippen molar-refractivity contribution in [3.05, 3.63) is 54.4 Å². The standard InChI is InChI=1S/C11H7F2N/c12-9-4-1-5-10(13)11(9)8-3-2-6-14-7-8/h1-7H. The van der Waals surface area contributed by atoms with Gasteiger partial charge in [0.2, 0.25) is 0 Å². The molecule has 0 spiro atoms. The van der Waals surface area contributed by atoms with Crippen LogP contribution in [0.25, 0.3) is 11.1 Å². The number of benzene rings is 1. The SMILES string of the molecule is Fc1cccc(F)c1-c1cccnc1. The first-order chi connectivity index (χ1) is 6.79.